The number of carbonyl (C=O) groups excluding carboxylic acids is 4. The van der Waals surface area contributed by atoms with Crippen molar-refractivity contribution in [1.29, 1.82) is 0 Å². The minimum atomic E-state index is -2.01. The molecule has 0 N–H and O–H groups in total. The van der Waals surface area contributed by atoms with E-state index in [1.165, 1.54) is 4.90 Å². The lowest BCUT2D eigenvalue weighted by Gasteiger charge is -2.33. The summed E-state index contributed by atoms with van der Waals surface area (Å²) in [5, 5.41) is 0.515. The van der Waals surface area contributed by atoms with E-state index in [-0.39, 0.29) is 23.1 Å². The maximum atomic E-state index is 13.8. The minimum absolute atomic E-state index is 0.193. The van der Waals surface area contributed by atoms with E-state index in [1.54, 1.807) is 48.5 Å². The summed E-state index contributed by atoms with van der Waals surface area (Å²) in [6.45, 7) is 0. The minimum Gasteiger partial charge on any atom is -0.349 e. The molecule has 3 fully saturated rings. The van der Waals surface area contributed by atoms with Crippen LogP contribution in [0, 0.1) is 11.8 Å². The van der Waals surface area contributed by atoms with Crippen LogP contribution in [-0.4, -0.2) is 39.9 Å². The first-order valence-corrected chi connectivity index (χ1v) is 11.8. The molecule has 2 aliphatic carbocycles. The fourth-order valence-corrected chi connectivity index (χ4v) is 6.32. The van der Waals surface area contributed by atoms with Gasteiger partial charge >= 0.3 is 0 Å². The standard InChI is InChI=1S/C26H22ClNO5/c27-15-12-10-14(11-13-15)21-19-20(25(32)28(24(19)31)16-6-2-1-3-7-16)26(33-21)22(29)17-8-4-5-9-18(17)23(26)30/h4-5,8-13,16,19-21H,1-3,6-7H2/t19-,20+,21-/m0/s1. The molecule has 0 radical (unpaired) electrons. The molecule has 2 heterocycles. The number of hydrogen-bond acceptors (Lipinski definition) is 5. The van der Waals surface area contributed by atoms with E-state index in [9.17, 15) is 19.2 Å². The van der Waals surface area contributed by atoms with E-state index in [1.807, 2.05) is 0 Å². The summed E-state index contributed by atoms with van der Waals surface area (Å²) in [6, 6.07) is 13.1. The Morgan fingerprint density at radius 1 is 0.818 bits per heavy atom. The molecule has 0 unspecified atom stereocenters. The van der Waals surface area contributed by atoms with Gasteiger partial charge in [0.25, 0.3) is 0 Å². The molecule has 1 saturated carbocycles. The molecule has 4 aliphatic rings. The number of Topliss-reactive ketones (excluding diaryl/α,β-unsaturated/α-hetero) is 2. The van der Waals surface area contributed by atoms with E-state index >= 15 is 0 Å². The smallest absolute Gasteiger partial charge is 0.237 e. The Bertz CT molecular complexity index is 1160. The van der Waals surface area contributed by atoms with Crippen molar-refractivity contribution in [3.05, 3.63) is 70.2 Å². The Hall–Kier alpha value is -2.83. The van der Waals surface area contributed by atoms with Crippen molar-refractivity contribution in [3.63, 3.8) is 0 Å². The fraction of sp³-hybridized carbons (Fsp3) is 0.385. The summed E-state index contributed by atoms with van der Waals surface area (Å²) >= 11 is 6.06. The molecule has 2 amide bonds. The van der Waals surface area contributed by atoms with Crippen LogP contribution in [0.4, 0.5) is 0 Å². The monoisotopic (exact) mass is 463 g/mol. The van der Waals surface area contributed by atoms with Crippen LogP contribution in [0.5, 0.6) is 0 Å². The molecule has 3 atom stereocenters. The molecular formula is C26H22ClNO5. The lowest BCUT2D eigenvalue weighted by molar-refractivity contribution is -0.148. The van der Waals surface area contributed by atoms with Gasteiger partial charge in [0.1, 0.15) is 0 Å². The number of imide groups is 1. The third-order valence-corrected chi connectivity index (χ3v) is 7.94. The first-order chi connectivity index (χ1) is 15.9. The molecular weight excluding hydrogens is 442 g/mol. The molecule has 2 aromatic rings. The van der Waals surface area contributed by atoms with Crippen LogP contribution in [0.25, 0.3) is 0 Å². The zero-order valence-corrected chi connectivity index (χ0v) is 18.6. The number of halogens is 1. The van der Waals surface area contributed by atoms with Crippen molar-refractivity contribution < 1.29 is 23.9 Å². The predicted molar refractivity (Wildman–Crippen MR) is 119 cm³/mol. The topological polar surface area (TPSA) is 80.8 Å². The Balaban J connectivity index is 1.50. The van der Waals surface area contributed by atoms with Crippen LogP contribution in [0.3, 0.4) is 0 Å². The maximum Gasteiger partial charge on any atom is 0.237 e. The average Bonchev–Trinajstić information content (AvgIpc) is 3.40. The van der Waals surface area contributed by atoms with Gasteiger partial charge in [-0.05, 0) is 30.5 Å². The quantitative estimate of drug-likeness (QED) is 0.493. The lowest BCUT2D eigenvalue weighted by atomic mass is 9.77. The number of ether oxygens (including phenoxy) is 1. The third kappa shape index (κ3) is 2.71. The van der Waals surface area contributed by atoms with E-state index in [0.29, 0.717) is 10.6 Å². The van der Waals surface area contributed by atoms with E-state index in [4.69, 9.17) is 16.3 Å². The maximum absolute atomic E-state index is 13.8. The highest BCUT2D eigenvalue weighted by Gasteiger charge is 2.75. The second-order valence-electron chi connectivity index (χ2n) is 9.37. The van der Waals surface area contributed by atoms with Gasteiger partial charge in [0, 0.05) is 22.2 Å². The van der Waals surface area contributed by atoms with Crippen LogP contribution in [0.15, 0.2) is 48.5 Å². The molecule has 2 aromatic carbocycles. The largest absolute Gasteiger partial charge is 0.349 e. The summed E-state index contributed by atoms with van der Waals surface area (Å²) in [5.74, 6) is -3.95. The number of amides is 2. The van der Waals surface area contributed by atoms with Gasteiger partial charge in [-0.25, -0.2) is 0 Å². The van der Waals surface area contributed by atoms with Crippen LogP contribution in [-0.2, 0) is 14.3 Å². The number of hydrogen-bond donors (Lipinski definition) is 0. The highest BCUT2D eigenvalue weighted by Crippen LogP contribution is 2.57. The van der Waals surface area contributed by atoms with Crippen molar-refractivity contribution in [2.45, 2.75) is 49.9 Å². The highest BCUT2D eigenvalue weighted by molar-refractivity contribution is 6.35. The first-order valence-electron chi connectivity index (χ1n) is 11.4. The molecule has 0 bridgehead atoms. The fourth-order valence-electron chi connectivity index (χ4n) is 6.19. The van der Waals surface area contributed by atoms with Crippen molar-refractivity contribution >= 4 is 35.0 Å². The third-order valence-electron chi connectivity index (χ3n) is 7.69. The van der Waals surface area contributed by atoms with E-state index < -0.39 is 41.0 Å². The van der Waals surface area contributed by atoms with Crippen LogP contribution < -0.4 is 0 Å². The molecule has 1 spiro atoms. The van der Waals surface area contributed by atoms with Crippen LogP contribution >= 0.6 is 11.6 Å². The van der Waals surface area contributed by atoms with E-state index in [2.05, 4.69) is 0 Å². The summed E-state index contributed by atoms with van der Waals surface area (Å²) < 4.78 is 6.28. The SMILES string of the molecule is O=C1[C@@H]2[C@H](c3ccc(Cl)cc3)OC3(C(=O)c4ccccc4C3=O)[C@H]2C(=O)N1C1CCCCC1. The number of nitrogens with zero attached hydrogens (tertiary/aromatic N) is 1. The second-order valence-corrected chi connectivity index (χ2v) is 9.81. The van der Waals surface area contributed by atoms with Gasteiger partial charge in [-0.3, -0.25) is 24.1 Å². The molecule has 2 aliphatic heterocycles. The van der Waals surface area contributed by atoms with Crippen LogP contribution in [0.1, 0.15) is 64.5 Å². The van der Waals surface area contributed by atoms with E-state index in [0.717, 1.165) is 32.1 Å². The molecule has 6 nitrogen and oxygen atoms in total. The summed E-state index contributed by atoms with van der Waals surface area (Å²) in [6.07, 6.45) is 3.58. The highest BCUT2D eigenvalue weighted by atomic mass is 35.5. The number of fused-ring (bicyclic) bond motifs is 3. The van der Waals surface area contributed by atoms with Gasteiger partial charge in [0.2, 0.25) is 29.0 Å². The van der Waals surface area contributed by atoms with Crippen molar-refractivity contribution in [1.82, 2.24) is 4.90 Å². The lowest BCUT2D eigenvalue weighted by Crippen LogP contribution is -2.52. The van der Waals surface area contributed by atoms with Crippen molar-refractivity contribution in [3.8, 4) is 0 Å². The van der Waals surface area contributed by atoms with Gasteiger partial charge in [-0.2, -0.15) is 0 Å². The summed E-state index contributed by atoms with van der Waals surface area (Å²) in [5.41, 5.74) is -0.896. The molecule has 168 valence electrons. The Morgan fingerprint density at radius 2 is 1.42 bits per heavy atom. The normalized spacial score (nSPS) is 28.6. The Labute approximate surface area is 195 Å². The van der Waals surface area contributed by atoms with Crippen molar-refractivity contribution in [2.75, 3.05) is 0 Å². The first kappa shape index (κ1) is 20.8. The summed E-state index contributed by atoms with van der Waals surface area (Å²) in [7, 11) is 0. The molecule has 0 aromatic heterocycles. The van der Waals surface area contributed by atoms with Gasteiger partial charge < -0.3 is 4.74 Å². The number of rotatable bonds is 2. The van der Waals surface area contributed by atoms with Crippen LogP contribution in [0.2, 0.25) is 5.02 Å². The zero-order chi connectivity index (χ0) is 22.9. The second kappa shape index (κ2) is 7.34. The van der Waals surface area contributed by atoms with Gasteiger partial charge in [-0.1, -0.05) is 67.3 Å². The Kier molecular flexibility index (Phi) is 4.61. The van der Waals surface area contributed by atoms with Gasteiger partial charge in [0.05, 0.1) is 17.9 Å². The molecule has 6 rings (SSSR count). The molecule has 2 saturated heterocycles. The number of ketones is 2. The molecule has 7 heteroatoms. The van der Waals surface area contributed by atoms with Gasteiger partial charge in [-0.15, -0.1) is 0 Å². The predicted octanol–water partition coefficient (Wildman–Crippen LogP) is 4.16. The number of benzene rings is 2. The Morgan fingerprint density at radius 3 is 2.03 bits per heavy atom. The average molecular weight is 464 g/mol. The molecule has 33 heavy (non-hydrogen) atoms. The van der Waals surface area contributed by atoms with Gasteiger partial charge in [0.15, 0.2) is 0 Å². The number of carbonyl (C=O) groups is 4. The summed E-state index contributed by atoms with van der Waals surface area (Å²) in [4.78, 5) is 56.3. The van der Waals surface area contributed by atoms with Crippen molar-refractivity contribution in [2.24, 2.45) is 11.8 Å². The number of likely N-dealkylation sites (tertiary alicyclic amines) is 1. The zero-order valence-electron chi connectivity index (χ0n) is 17.8.